The molecule has 0 atom stereocenters. The van der Waals surface area contributed by atoms with Crippen LogP contribution in [0, 0.1) is 6.92 Å². The quantitative estimate of drug-likeness (QED) is 0.692. The third kappa shape index (κ3) is 2.69. The second-order valence-corrected chi connectivity index (χ2v) is 3.15. The smallest absolute Gasteiger partial charge is 0.105 e. The van der Waals surface area contributed by atoms with E-state index in [1.54, 1.807) is 0 Å². The number of nitrogens with zero attached hydrogens (tertiary/aromatic N) is 2. The first-order chi connectivity index (χ1) is 7.27. The van der Waals surface area contributed by atoms with E-state index in [4.69, 9.17) is 0 Å². The van der Waals surface area contributed by atoms with E-state index in [1.165, 1.54) is 5.56 Å². The maximum absolute atomic E-state index is 4.44. The van der Waals surface area contributed by atoms with Crippen molar-refractivity contribution in [2.45, 2.75) is 20.8 Å². The molecule has 1 aromatic heterocycles. The molecule has 80 valence electrons. The van der Waals surface area contributed by atoms with E-state index in [2.05, 4.69) is 17.1 Å². The summed E-state index contributed by atoms with van der Waals surface area (Å²) in [5.41, 5.74) is 2.21. The van der Waals surface area contributed by atoms with Gasteiger partial charge in [-0.3, -0.25) is 0 Å². The topological polar surface area (TPSA) is 17.8 Å². The molecule has 0 amide bonds. The van der Waals surface area contributed by atoms with Gasteiger partial charge < -0.3 is 4.57 Å². The van der Waals surface area contributed by atoms with E-state index in [-0.39, 0.29) is 0 Å². The summed E-state index contributed by atoms with van der Waals surface area (Å²) < 4.78 is 2.03. The summed E-state index contributed by atoms with van der Waals surface area (Å²) in [4.78, 5) is 4.44. The van der Waals surface area contributed by atoms with E-state index in [1.807, 2.05) is 56.8 Å². The molecule has 1 aromatic carbocycles. The van der Waals surface area contributed by atoms with Gasteiger partial charge in [0.2, 0.25) is 0 Å². The highest BCUT2D eigenvalue weighted by atomic mass is 15.0. The Labute approximate surface area is 91.6 Å². The highest BCUT2D eigenvalue weighted by molar-refractivity contribution is 5.58. The van der Waals surface area contributed by atoms with Crippen molar-refractivity contribution in [2.75, 3.05) is 0 Å². The molecule has 0 unspecified atom stereocenters. The predicted molar refractivity (Wildman–Crippen MR) is 64.7 cm³/mol. The van der Waals surface area contributed by atoms with Crippen molar-refractivity contribution in [3.05, 3.63) is 42.4 Å². The number of aromatic nitrogens is 2. The minimum absolute atomic E-state index is 1.04. The molecule has 0 N–H and O–H groups in total. The molecule has 0 bridgehead atoms. The molecule has 1 heterocycles. The van der Waals surface area contributed by atoms with Crippen molar-refractivity contribution in [3.63, 3.8) is 0 Å². The number of aryl methyl sites for hydroxylation is 2. The van der Waals surface area contributed by atoms with E-state index < -0.39 is 0 Å². The highest BCUT2D eigenvalue weighted by Gasteiger charge is 2.01. The van der Waals surface area contributed by atoms with E-state index in [0.717, 1.165) is 11.5 Å². The van der Waals surface area contributed by atoms with Crippen LogP contribution in [0.5, 0.6) is 0 Å². The van der Waals surface area contributed by atoms with Gasteiger partial charge in [0, 0.05) is 18.8 Å². The lowest BCUT2D eigenvalue weighted by Gasteiger charge is -1.92. The van der Waals surface area contributed by atoms with Crippen LogP contribution in [0.2, 0.25) is 0 Å². The van der Waals surface area contributed by atoms with Crippen molar-refractivity contribution in [1.29, 1.82) is 0 Å². The van der Waals surface area contributed by atoms with Crippen LogP contribution in [0.1, 0.15) is 19.7 Å². The molecule has 0 radical (unpaired) electrons. The lowest BCUT2D eigenvalue weighted by molar-refractivity contribution is 0.858. The van der Waals surface area contributed by atoms with Gasteiger partial charge in [0.15, 0.2) is 0 Å². The van der Waals surface area contributed by atoms with Gasteiger partial charge in [-0.2, -0.15) is 0 Å². The minimum Gasteiger partial charge on any atom is -0.338 e. The van der Waals surface area contributed by atoms with Gasteiger partial charge in [-0.1, -0.05) is 44.2 Å². The average Bonchev–Trinajstić information content (AvgIpc) is 2.63. The van der Waals surface area contributed by atoms with E-state index in [9.17, 15) is 0 Å². The maximum Gasteiger partial charge on any atom is 0.105 e. The molecule has 2 aromatic rings. The third-order valence-electron chi connectivity index (χ3n) is 2.18. The summed E-state index contributed by atoms with van der Waals surface area (Å²) in [6.45, 7) is 6.01. The Morgan fingerprint density at radius 1 is 1.07 bits per heavy atom. The van der Waals surface area contributed by atoms with Crippen molar-refractivity contribution < 1.29 is 0 Å². The molecule has 0 aliphatic carbocycles. The highest BCUT2D eigenvalue weighted by Crippen LogP contribution is 2.16. The fraction of sp³-hybridized carbons (Fsp3) is 0.308. The fourth-order valence-electron chi connectivity index (χ4n) is 1.31. The van der Waals surface area contributed by atoms with Crippen molar-refractivity contribution in [2.24, 2.45) is 7.05 Å². The molecule has 0 spiro atoms. The second-order valence-electron chi connectivity index (χ2n) is 3.15. The minimum atomic E-state index is 1.04. The number of hydrogen-bond acceptors (Lipinski definition) is 1. The number of rotatable bonds is 1. The first kappa shape index (κ1) is 11.5. The van der Waals surface area contributed by atoms with Gasteiger partial charge >= 0.3 is 0 Å². The van der Waals surface area contributed by atoms with Crippen molar-refractivity contribution in [1.82, 2.24) is 9.55 Å². The molecule has 0 saturated heterocycles. The Hall–Kier alpha value is -1.57. The summed E-state index contributed by atoms with van der Waals surface area (Å²) >= 11 is 0. The van der Waals surface area contributed by atoms with E-state index >= 15 is 0 Å². The standard InChI is InChI=1S/C11H12N2.C2H6/c1-9-12-11(8-13(9)2)10-6-4-3-5-7-10;1-2/h3-8H,1-2H3;1-2H3. The Kier molecular flexibility index (Phi) is 4.10. The van der Waals surface area contributed by atoms with Crippen LogP contribution >= 0.6 is 0 Å². The van der Waals surface area contributed by atoms with Crippen LogP contribution < -0.4 is 0 Å². The summed E-state index contributed by atoms with van der Waals surface area (Å²) in [7, 11) is 2.01. The van der Waals surface area contributed by atoms with Crippen LogP contribution in [0.25, 0.3) is 11.3 Å². The van der Waals surface area contributed by atoms with Crippen LogP contribution in [-0.4, -0.2) is 9.55 Å². The summed E-state index contributed by atoms with van der Waals surface area (Å²) in [5.74, 6) is 1.04. The molecule has 0 saturated carbocycles. The Morgan fingerprint density at radius 3 is 2.13 bits per heavy atom. The monoisotopic (exact) mass is 202 g/mol. The average molecular weight is 202 g/mol. The fourth-order valence-corrected chi connectivity index (χ4v) is 1.31. The van der Waals surface area contributed by atoms with Crippen LogP contribution in [0.15, 0.2) is 36.5 Å². The Morgan fingerprint density at radius 2 is 1.67 bits per heavy atom. The van der Waals surface area contributed by atoms with Crippen LogP contribution in [0.3, 0.4) is 0 Å². The molecular formula is C13H18N2. The summed E-state index contributed by atoms with van der Waals surface area (Å²) in [6, 6.07) is 10.2. The van der Waals surface area contributed by atoms with Crippen molar-refractivity contribution in [3.8, 4) is 11.3 Å². The first-order valence-electron chi connectivity index (χ1n) is 5.33. The SMILES string of the molecule is CC.Cc1nc(-c2ccccc2)cn1C. The lowest BCUT2D eigenvalue weighted by atomic mass is 10.2. The van der Waals surface area contributed by atoms with Crippen molar-refractivity contribution >= 4 is 0 Å². The molecule has 2 heteroatoms. The van der Waals surface area contributed by atoms with Gasteiger partial charge in [0.1, 0.15) is 5.82 Å². The molecule has 0 fully saturated rings. The van der Waals surface area contributed by atoms with Gasteiger partial charge in [-0.15, -0.1) is 0 Å². The van der Waals surface area contributed by atoms with Crippen LogP contribution in [-0.2, 0) is 7.05 Å². The molecular weight excluding hydrogens is 184 g/mol. The zero-order chi connectivity index (χ0) is 11.3. The molecule has 2 nitrogen and oxygen atoms in total. The van der Waals surface area contributed by atoms with E-state index in [0.29, 0.717) is 0 Å². The Balaban J connectivity index is 0.000000531. The number of benzene rings is 1. The predicted octanol–water partition coefficient (Wildman–Crippen LogP) is 3.42. The van der Waals surface area contributed by atoms with Crippen LogP contribution in [0.4, 0.5) is 0 Å². The largest absolute Gasteiger partial charge is 0.338 e. The lowest BCUT2D eigenvalue weighted by Crippen LogP contribution is -1.86. The number of hydrogen-bond donors (Lipinski definition) is 0. The van der Waals surface area contributed by atoms with Gasteiger partial charge in [-0.25, -0.2) is 4.98 Å². The third-order valence-corrected chi connectivity index (χ3v) is 2.18. The van der Waals surface area contributed by atoms with Gasteiger partial charge in [0.25, 0.3) is 0 Å². The normalized spacial score (nSPS) is 9.33. The molecule has 0 aliphatic heterocycles. The second kappa shape index (κ2) is 5.35. The maximum atomic E-state index is 4.44. The summed E-state index contributed by atoms with van der Waals surface area (Å²) in [6.07, 6.45) is 2.05. The molecule has 0 aliphatic rings. The molecule has 15 heavy (non-hydrogen) atoms. The first-order valence-corrected chi connectivity index (χ1v) is 5.33. The van der Waals surface area contributed by atoms with Gasteiger partial charge in [-0.05, 0) is 6.92 Å². The Bertz CT molecular complexity index is 382. The zero-order valence-corrected chi connectivity index (χ0v) is 9.86. The zero-order valence-electron chi connectivity index (χ0n) is 9.86. The van der Waals surface area contributed by atoms with Gasteiger partial charge in [0.05, 0.1) is 5.69 Å². The number of imidazole rings is 1. The summed E-state index contributed by atoms with van der Waals surface area (Å²) in [5, 5.41) is 0. The molecule has 2 rings (SSSR count).